The van der Waals surface area contributed by atoms with Crippen LogP contribution in [0, 0.1) is 5.92 Å². The zero-order valence-corrected chi connectivity index (χ0v) is 80.9. The number of aromatic amines is 4. The Kier molecular flexibility index (Phi) is 34.5. The third kappa shape index (κ3) is 25.5. The number of carbonyl (C=O) groups excluding carboxylic acids is 10. The average Bonchev–Trinajstić information content (AvgIpc) is 1.66. The summed E-state index contributed by atoms with van der Waals surface area (Å²) in [5.41, 5.74) is 18.0. The maximum Gasteiger partial charge on any atom is 0.321 e. The maximum absolute atomic E-state index is 13.1. The highest BCUT2D eigenvalue weighted by Gasteiger charge is 2.32. The van der Waals surface area contributed by atoms with E-state index in [0.29, 0.717) is 89.8 Å². The lowest BCUT2D eigenvalue weighted by molar-refractivity contribution is -0.117. The van der Waals surface area contributed by atoms with Gasteiger partial charge in [-0.2, -0.15) is 20.4 Å². The molecule has 1 aliphatic carbocycles. The van der Waals surface area contributed by atoms with Crippen LogP contribution >= 0.6 is 0 Å². The topological polar surface area (TPSA) is 483 Å². The Morgan fingerprint density at radius 3 is 0.880 bits per heavy atom. The third-order valence-electron chi connectivity index (χ3n) is 26.0. The highest BCUT2D eigenvalue weighted by molar-refractivity contribution is 6.15. The number of rotatable bonds is 23. The lowest BCUT2D eigenvalue weighted by atomic mass is 10.0. The van der Waals surface area contributed by atoms with Crippen molar-refractivity contribution in [2.45, 2.75) is 120 Å². The van der Waals surface area contributed by atoms with Crippen molar-refractivity contribution in [3.63, 3.8) is 0 Å². The molecule has 772 valence electrons. The van der Waals surface area contributed by atoms with Gasteiger partial charge in [-0.3, -0.25) is 88.4 Å². The summed E-state index contributed by atoms with van der Waals surface area (Å²) in [5.74, 6) is -1.71. The molecule has 5 aliphatic heterocycles. The first-order chi connectivity index (χ1) is 71.0. The molecule has 150 heavy (non-hydrogen) atoms. The SMILES string of the molecule is C.C.C.C.CN(C)C(=O)Nc1cncc(-c2ccc3[nH]nc(C(=O)Nc4ccc(C(=O)N5CCCC5)nc4)c3c2)c1.CN(C)Cc1cncc(-c2ccc3[nH]nc(C(=O)Nc4ccc(C(=O)N5CCCC5)nc4)c3c2)c1.O=C(Nc1ccc(C(=O)N2CCCC2)nc1)c1n[nH]c2ccc(-c3cncc(CN4CCCC4)c3)cc12.O=C(Nc1ccc(C(=O)N2CCCC2)nc1)c1n[nH]c2ccc(-c3cncc(NC(=O)C4CC4)c3)cc12. The number of likely N-dealkylation sites (tertiary alicyclic amines) is 5. The fourth-order valence-electron chi connectivity index (χ4n) is 18.1. The molecule has 6 fully saturated rings. The molecular formula is C111H123N29O10. The predicted molar refractivity (Wildman–Crippen MR) is 579 cm³/mol. The second-order valence-corrected chi connectivity index (χ2v) is 37.3. The Bertz CT molecular complexity index is 7340. The number of urea groups is 1. The minimum absolute atomic E-state index is 0. The summed E-state index contributed by atoms with van der Waals surface area (Å²) in [6, 6.07) is 43.9. The number of nitrogens with one attached hydrogen (secondary N) is 10. The Morgan fingerprint density at radius 2 is 0.587 bits per heavy atom. The Labute approximate surface area is 867 Å². The highest BCUT2D eigenvalue weighted by Crippen LogP contribution is 2.36. The molecule has 10 N–H and O–H groups in total. The van der Waals surface area contributed by atoms with Crippen LogP contribution in [0.15, 0.2) is 220 Å². The molecule has 17 heterocycles. The molecule has 12 aromatic heterocycles. The fourth-order valence-corrected chi connectivity index (χ4v) is 18.1. The number of carbonyl (C=O) groups is 10. The van der Waals surface area contributed by atoms with Gasteiger partial charge in [0.25, 0.3) is 47.3 Å². The summed E-state index contributed by atoms with van der Waals surface area (Å²) in [4.78, 5) is 174. The first kappa shape index (κ1) is 107. The van der Waals surface area contributed by atoms with Gasteiger partial charge in [0.05, 0.1) is 93.4 Å². The number of pyridine rings is 8. The van der Waals surface area contributed by atoms with E-state index in [1.807, 2.05) is 129 Å². The number of amides is 11. The molecule has 11 amide bonds. The smallest absolute Gasteiger partial charge is 0.321 e. The van der Waals surface area contributed by atoms with Crippen molar-refractivity contribution in [2.24, 2.45) is 5.92 Å². The zero-order valence-electron chi connectivity index (χ0n) is 80.9. The van der Waals surface area contributed by atoms with Crippen LogP contribution in [0.2, 0.25) is 0 Å². The Hall–Kier alpha value is -17.6. The molecule has 39 nitrogen and oxygen atoms in total. The van der Waals surface area contributed by atoms with Crippen LogP contribution in [0.4, 0.5) is 38.9 Å². The number of hydrogen-bond acceptors (Lipinski definition) is 24. The van der Waals surface area contributed by atoms with Gasteiger partial charge >= 0.3 is 6.03 Å². The van der Waals surface area contributed by atoms with E-state index in [-0.39, 0.29) is 100 Å². The van der Waals surface area contributed by atoms with Gasteiger partial charge in [-0.05, 0) is 259 Å². The van der Waals surface area contributed by atoms with Crippen molar-refractivity contribution >= 4 is 137 Å². The standard InChI is InChI=1S/C28H29N7O2.C27H25N7O3.C26H26N8O3.C26H27N7O2.4CH4/c36-27(31-22-6-8-25(30-17-22)28(37)35-11-3-4-12-35)26-23-14-20(5-7-24(23)32-33-26)21-13-19(15-29-16-21)18-34-9-1-2-10-34;35-25(16-3-4-16)31-20-11-18(13-28-14-20)17-5-7-22-21(12-17)24(33-32-22)26(36)30-19-6-8-23(29-15-19)27(37)34-9-1-2-10-34;1-33(2)26(37)30-19-11-17(13-27-14-19)16-5-7-21-20(12-16)23(32-31-21)24(35)29-18-6-8-22(28-15-18)25(36)34-9-3-4-10-34;1-32(2)16-17-11-19(14-27-13-17)18-5-7-22-21(12-18)24(31-30-22)25(34)29-20-6-8-23(28-15-20)26(35)33-9-3-4-10-33;;;;/h5-8,13-17H,1-4,9-12,18H2,(H,31,36)(H,32,33);5-8,11-16H,1-4,9-10H2,(H,30,36)(H,31,35)(H,32,33);5-8,11-15H,3-4,9-10H2,1-2H3,(H,29,35)(H,30,37)(H,31,32);5-8,11-15H,3-4,9-10,16H2,1-2H3,(H,29,34)(H,30,31);4*1H4. The quantitative estimate of drug-likeness (QED) is 0.0284. The number of H-pyrrole nitrogens is 4. The van der Waals surface area contributed by atoms with Crippen LogP contribution in [-0.2, 0) is 17.9 Å². The summed E-state index contributed by atoms with van der Waals surface area (Å²) in [5, 5.41) is 48.3. The largest absolute Gasteiger partial charge is 0.337 e. The van der Waals surface area contributed by atoms with Gasteiger partial charge in [0.1, 0.15) is 22.8 Å². The fraction of sp³-hybridized carbons (Fsp3) is 0.297. The normalized spacial score (nSPS) is 14.0. The second-order valence-electron chi connectivity index (χ2n) is 37.3. The van der Waals surface area contributed by atoms with E-state index in [9.17, 15) is 47.9 Å². The van der Waals surface area contributed by atoms with Gasteiger partial charge in [-0.25, -0.2) is 24.7 Å². The summed E-state index contributed by atoms with van der Waals surface area (Å²) >= 11 is 0. The summed E-state index contributed by atoms with van der Waals surface area (Å²) in [7, 11) is 7.35. The first-order valence-electron chi connectivity index (χ1n) is 48.7. The monoisotopic (exact) mass is 2020 g/mol. The number of aromatic nitrogens is 16. The maximum atomic E-state index is 13.1. The van der Waals surface area contributed by atoms with Crippen LogP contribution in [0.3, 0.4) is 0 Å². The van der Waals surface area contributed by atoms with E-state index in [0.717, 1.165) is 209 Å². The lowest BCUT2D eigenvalue weighted by Gasteiger charge is -2.14. The van der Waals surface area contributed by atoms with E-state index >= 15 is 0 Å². The van der Waals surface area contributed by atoms with E-state index < -0.39 is 11.8 Å². The first-order valence-corrected chi connectivity index (χ1v) is 48.7. The summed E-state index contributed by atoms with van der Waals surface area (Å²) < 4.78 is 0. The van der Waals surface area contributed by atoms with Crippen molar-refractivity contribution in [3.8, 4) is 44.5 Å². The molecule has 16 aromatic rings. The Morgan fingerprint density at radius 1 is 0.300 bits per heavy atom. The molecule has 0 atom stereocenters. The van der Waals surface area contributed by atoms with Gasteiger partial charge in [0, 0.05) is 166 Å². The van der Waals surface area contributed by atoms with Gasteiger partial charge in [0.15, 0.2) is 22.8 Å². The molecule has 0 bridgehead atoms. The van der Waals surface area contributed by atoms with E-state index in [1.54, 1.807) is 102 Å². The average molecular weight is 2020 g/mol. The van der Waals surface area contributed by atoms with Crippen LogP contribution in [-0.4, -0.2) is 268 Å². The van der Waals surface area contributed by atoms with Crippen molar-refractivity contribution in [3.05, 3.63) is 277 Å². The van der Waals surface area contributed by atoms with Gasteiger partial charge in [-0.1, -0.05) is 54.0 Å². The van der Waals surface area contributed by atoms with E-state index in [2.05, 4.69) is 134 Å². The predicted octanol–water partition coefficient (Wildman–Crippen LogP) is 17.7. The molecule has 5 saturated heterocycles. The number of anilines is 6. The second kappa shape index (κ2) is 48.6. The number of benzene rings is 4. The molecule has 0 spiro atoms. The van der Waals surface area contributed by atoms with Crippen molar-refractivity contribution in [1.82, 2.24) is 115 Å². The van der Waals surface area contributed by atoms with Gasteiger partial charge in [0.2, 0.25) is 5.91 Å². The van der Waals surface area contributed by atoms with E-state index in [4.69, 9.17) is 0 Å². The number of fused-ring (bicyclic) bond motifs is 4. The number of hydrogen-bond donors (Lipinski definition) is 10. The lowest BCUT2D eigenvalue weighted by Crippen LogP contribution is -2.28. The molecule has 6 aliphatic rings. The van der Waals surface area contributed by atoms with Crippen LogP contribution in [0.25, 0.3) is 88.1 Å². The number of nitrogens with zero attached hydrogens (tertiary/aromatic N) is 19. The van der Waals surface area contributed by atoms with Gasteiger partial charge < -0.3 is 61.3 Å². The van der Waals surface area contributed by atoms with Crippen LogP contribution < -0.4 is 31.9 Å². The third-order valence-corrected chi connectivity index (χ3v) is 26.0. The summed E-state index contributed by atoms with van der Waals surface area (Å²) in [6.45, 7) is 10.0. The van der Waals surface area contributed by atoms with Crippen molar-refractivity contribution in [2.75, 3.05) is 126 Å². The molecule has 4 aromatic carbocycles. The highest BCUT2D eigenvalue weighted by atomic mass is 16.2. The van der Waals surface area contributed by atoms with Crippen LogP contribution in [0.1, 0.15) is 202 Å². The molecule has 1 saturated carbocycles. The van der Waals surface area contributed by atoms with Gasteiger partial charge in [-0.15, -0.1) is 0 Å². The van der Waals surface area contributed by atoms with Crippen molar-refractivity contribution < 1.29 is 47.9 Å². The molecule has 22 rings (SSSR count). The Balaban J connectivity index is 0.000000148. The molecule has 0 radical (unpaired) electrons. The minimum Gasteiger partial charge on any atom is -0.337 e. The van der Waals surface area contributed by atoms with Crippen LogP contribution in [0.5, 0.6) is 0 Å². The molecular weight excluding hydrogens is 1900 g/mol. The zero-order chi connectivity index (χ0) is 101. The van der Waals surface area contributed by atoms with Crippen molar-refractivity contribution in [1.29, 1.82) is 0 Å². The minimum atomic E-state index is -0.408. The molecule has 0 unspecified atom stereocenters. The molecule has 39 heteroatoms. The summed E-state index contributed by atoms with van der Waals surface area (Å²) in [6.07, 6.45) is 32.5. The van der Waals surface area contributed by atoms with E-state index in [1.165, 1.54) is 48.1 Å².